The van der Waals surface area contributed by atoms with E-state index in [2.05, 4.69) is 16.6 Å². The fourth-order valence-electron chi connectivity index (χ4n) is 4.61. The van der Waals surface area contributed by atoms with E-state index in [1.807, 2.05) is 36.3 Å². The van der Waals surface area contributed by atoms with Crippen LogP contribution in [-0.4, -0.2) is 47.5 Å². The fourth-order valence-corrected chi connectivity index (χ4v) is 4.61. The van der Waals surface area contributed by atoms with E-state index in [0.717, 1.165) is 31.2 Å². The van der Waals surface area contributed by atoms with Crippen molar-refractivity contribution in [1.82, 2.24) is 15.5 Å². The highest BCUT2D eigenvalue weighted by atomic mass is 16.2. The average Bonchev–Trinajstić information content (AvgIpc) is 3.21. The number of nitrogens with one attached hydrogen (secondary N) is 2. The lowest BCUT2D eigenvalue weighted by atomic mass is 9.51. The summed E-state index contributed by atoms with van der Waals surface area (Å²) in [5.74, 6) is 3.85. The predicted octanol–water partition coefficient (Wildman–Crippen LogP) is 2.08. The predicted molar refractivity (Wildman–Crippen MR) is 122 cm³/mol. The minimum atomic E-state index is -0.679. The normalized spacial score (nSPS) is 23.5. The van der Waals surface area contributed by atoms with Gasteiger partial charge in [-0.15, -0.1) is 6.42 Å². The van der Waals surface area contributed by atoms with Gasteiger partial charge in [0.1, 0.15) is 18.1 Å². The molecule has 0 aliphatic carbocycles. The highest BCUT2D eigenvalue weighted by molar-refractivity contribution is 6.68. The van der Waals surface area contributed by atoms with Crippen LogP contribution in [-0.2, 0) is 14.4 Å². The van der Waals surface area contributed by atoms with E-state index in [0.29, 0.717) is 12.8 Å². The van der Waals surface area contributed by atoms with Crippen LogP contribution in [0.1, 0.15) is 50.1 Å². The van der Waals surface area contributed by atoms with Crippen LogP contribution in [0.2, 0.25) is 13.1 Å². The molecule has 2 saturated heterocycles. The van der Waals surface area contributed by atoms with Crippen molar-refractivity contribution in [3.05, 3.63) is 35.9 Å². The number of fused-ring (bicyclic) bond motifs is 1. The maximum Gasteiger partial charge on any atom is 0.274 e. The number of nitriles is 1. The molecule has 2 aliphatic rings. The van der Waals surface area contributed by atoms with Gasteiger partial charge in [-0.1, -0.05) is 55.9 Å². The Balaban J connectivity index is 1.73. The first-order valence-electron chi connectivity index (χ1n) is 11.3. The molecule has 0 radical (unpaired) electrons. The maximum absolute atomic E-state index is 13.4. The summed E-state index contributed by atoms with van der Waals surface area (Å²) in [6.07, 6.45) is 10.2. The molecule has 1 aromatic rings. The van der Waals surface area contributed by atoms with Crippen LogP contribution in [0, 0.1) is 23.6 Å². The topological polar surface area (TPSA) is 102 Å². The molecule has 0 bridgehead atoms. The number of nitrogens with zero attached hydrogens (tertiary/aromatic N) is 2. The van der Waals surface area contributed by atoms with Gasteiger partial charge in [0, 0.05) is 18.3 Å². The summed E-state index contributed by atoms with van der Waals surface area (Å²) in [5, 5.41) is 14.7. The molecular formula is C24H29BN4O3. The van der Waals surface area contributed by atoms with Crippen molar-refractivity contribution in [1.29, 1.82) is 5.26 Å². The summed E-state index contributed by atoms with van der Waals surface area (Å²) in [5.41, 5.74) is 0.814. The summed E-state index contributed by atoms with van der Waals surface area (Å²) in [7, 11) is 0. The number of amides is 3. The molecule has 3 amide bonds. The Bertz CT molecular complexity index is 923. The van der Waals surface area contributed by atoms with Crippen molar-refractivity contribution in [3.63, 3.8) is 0 Å². The molecule has 4 atom stereocenters. The third-order valence-electron chi connectivity index (χ3n) is 6.27. The molecule has 32 heavy (non-hydrogen) atoms. The van der Waals surface area contributed by atoms with Crippen LogP contribution in [0.5, 0.6) is 0 Å². The third-order valence-corrected chi connectivity index (χ3v) is 6.27. The number of carbonyl (C=O) groups excluding carboxylic acids is 3. The highest BCUT2D eigenvalue weighted by Crippen LogP contribution is 2.31. The minimum Gasteiger partial charge on any atom is -0.345 e. The van der Waals surface area contributed by atoms with Crippen molar-refractivity contribution in [2.75, 3.05) is 0 Å². The molecule has 2 fully saturated rings. The van der Waals surface area contributed by atoms with Gasteiger partial charge in [-0.25, -0.2) is 5.26 Å². The van der Waals surface area contributed by atoms with Crippen molar-refractivity contribution >= 4 is 24.4 Å². The first-order valence-corrected chi connectivity index (χ1v) is 11.3. The second-order valence-corrected chi connectivity index (χ2v) is 8.65. The van der Waals surface area contributed by atoms with Crippen LogP contribution in [0.15, 0.2) is 30.3 Å². The average molecular weight is 432 g/mol. The Morgan fingerprint density at radius 2 is 1.94 bits per heavy atom. The quantitative estimate of drug-likeness (QED) is 0.531. The molecule has 1 aromatic carbocycles. The Kier molecular flexibility index (Phi) is 7.95. The maximum atomic E-state index is 13.4. The second kappa shape index (κ2) is 10.9. The van der Waals surface area contributed by atoms with Gasteiger partial charge in [0.15, 0.2) is 0 Å². The van der Waals surface area contributed by atoms with E-state index in [1.54, 1.807) is 11.7 Å². The number of rotatable bonds is 6. The molecule has 3 unspecified atom stereocenters. The van der Waals surface area contributed by atoms with Crippen LogP contribution in [0.4, 0.5) is 0 Å². The first-order chi connectivity index (χ1) is 15.4. The molecule has 0 aromatic heterocycles. The lowest BCUT2D eigenvalue weighted by molar-refractivity contribution is -0.144. The fraction of sp³-hybridized carbons (Fsp3) is 0.500. The van der Waals surface area contributed by atoms with Gasteiger partial charge in [-0.2, -0.15) is 0 Å². The lowest BCUT2D eigenvalue weighted by Gasteiger charge is -2.35. The van der Waals surface area contributed by atoms with Crippen LogP contribution in [0.3, 0.4) is 0 Å². The summed E-state index contributed by atoms with van der Waals surface area (Å²) in [6, 6.07) is 7.44. The van der Waals surface area contributed by atoms with E-state index in [4.69, 9.17) is 11.7 Å². The standard InChI is InChI=1S/C24H29BN4O3/c1-3-19(17-9-5-4-6-10-17)28-23(31)21-14-13-18-11-7-8-12-20(24(32)29(18)21)27-22(30)15-25(2)16-26/h1,4-6,9-10,18-21H,7-8,11-15H2,2H3,(H,27,30)(H,28,31)/t18?,19?,20?,21-/m0/s1. The Morgan fingerprint density at radius 1 is 1.22 bits per heavy atom. The molecule has 2 heterocycles. The van der Waals surface area contributed by atoms with E-state index >= 15 is 0 Å². The summed E-state index contributed by atoms with van der Waals surface area (Å²) < 4.78 is 0. The van der Waals surface area contributed by atoms with Gasteiger partial charge in [-0.05, 0) is 31.2 Å². The molecule has 0 saturated carbocycles. The van der Waals surface area contributed by atoms with Gasteiger partial charge in [0.25, 0.3) is 6.71 Å². The van der Waals surface area contributed by atoms with Crippen LogP contribution in [0.25, 0.3) is 0 Å². The third kappa shape index (κ3) is 5.51. The van der Waals surface area contributed by atoms with Gasteiger partial charge in [-0.3, -0.25) is 14.4 Å². The Labute approximate surface area is 190 Å². The largest absolute Gasteiger partial charge is 0.345 e. The Hall–Kier alpha value is -3.26. The zero-order valence-corrected chi connectivity index (χ0v) is 18.4. The number of hydrogen-bond acceptors (Lipinski definition) is 4. The Morgan fingerprint density at radius 3 is 2.62 bits per heavy atom. The summed E-state index contributed by atoms with van der Waals surface area (Å²) >= 11 is 0. The lowest BCUT2D eigenvalue weighted by Crippen LogP contribution is -2.56. The van der Waals surface area contributed by atoms with Crippen LogP contribution >= 0.6 is 0 Å². The number of hydrogen-bond donors (Lipinski definition) is 2. The smallest absolute Gasteiger partial charge is 0.274 e. The van der Waals surface area contributed by atoms with E-state index in [-0.39, 0.29) is 30.1 Å². The van der Waals surface area contributed by atoms with E-state index in [9.17, 15) is 14.4 Å². The molecule has 7 nitrogen and oxygen atoms in total. The number of benzene rings is 1. The highest BCUT2D eigenvalue weighted by Gasteiger charge is 2.44. The van der Waals surface area contributed by atoms with Gasteiger partial charge >= 0.3 is 0 Å². The second-order valence-electron chi connectivity index (χ2n) is 8.65. The summed E-state index contributed by atoms with van der Waals surface area (Å²) in [6.45, 7) is 1.25. The van der Waals surface area contributed by atoms with Crippen molar-refractivity contribution < 1.29 is 14.4 Å². The number of terminal acetylenes is 1. The van der Waals surface area contributed by atoms with Gasteiger partial charge in [0.2, 0.25) is 17.7 Å². The molecule has 8 heteroatoms. The zero-order valence-electron chi connectivity index (χ0n) is 18.4. The zero-order chi connectivity index (χ0) is 23.1. The van der Waals surface area contributed by atoms with Gasteiger partial charge in [0.05, 0.1) is 0 Å². The molecule has 166 valence electrons. The number of carbonyl (C=O) groups is 3. The monoisotopic (exact) mass is 432 g/mol. The summed E-state index contributed by atoms with van der Waals surface area (Å²) in [4.78, 5) is 40.6. The van der Waals surface area contributed by atoms with E-state index < -0.39 is 24.8 Å². The van der Waals surface area contributed by atoms with Crippen molar-refractivity contribution in [2.45, 2.75) is 75.8 Å². The van der Waals surface area contributed by atoms with Crippen molar-refractivity contribution in [3.8, 4) is 18.3 Å². The SMILES string of the molecule is C#CC(NC(=O)[C@@H]1CCC2CCCCC(NC(=O)CB(C)C#N)C(=O)N21)c1ccccc1. The van der Waals surface area contributed by atoms with Crippen LogP contribution < -0.4 is 10.6 Å². The molecular weight excluding hydrogens is 403 g/mol. The first kappa shape index (κ1) is 23.4. The molecule has 2 N–H and O–H groups in total. The van der Waals surface area contributed by atoms with Crippen molar-refractivity contribution in [2.24, 2.45) is 0 Å². The van der Waals surface area contributed by atoms with E-state index in [1.165, 1.54) is 0 Å². The van der Waals surface area contributed by atoms with Gasteiger partial charge < -0.3 is 15.5 Å². The molecule has 2 aliphatic heterocycles. The molecule has 0 spiro atoms. The molecule has 3 rings (SSSR count). The minimum absolute atomic E-state index is 0.0167.